The number of aromatic nitrogens is 1. The molecule has 0 aliphatic carbocycles. The number of hydrogen-bond acceptors (Lipinski definition) is 3. The second-order valence-corrected chi connectivity index (χ2v) is 10.1. The van der Waals surface area contributed by atoms with Gasteiger partial charge in [0.25, 0.3) is 15.9 Å². The Bertz CT molecular complexity index is 1430. The zero-order valence-corrected chi connectivity index (χ0v) is 18.9. The van der Waals surface area contributed by atoms with Crippen LogP contribution in [-0.2, 0) is 22.9 Å². The fraction of sp³-hybridized carbons (Fsp3) is 0.192. The van der Waals surface area contributed by atoms with Gasteiger partial charge in [-0.05, 0) is 60.7 Å². The molecule has 0 radical (unpaired) electrons. The van der Waals surface area contributed by atoms with E-state index in [0.29, 0.717) is 25.1 Å². The largest absolute Gasteiger partial charge is 0.361 e. The van der Waals surface area contributed by atoms with Crippen LogP contribution in [0, 0.1) is 0 Å². The molecule has 5 rings (SSSR count). The number of hydrogen-bond donors (Lipinski definition) is 2. The molecule has 0 fully saturated rings. The van der Waals surface area contributed by atoms with E-state index in [1.54, 1.807) is 18.2 Å². The van der Waals surface area contributed by atoms with Gasteiger partial charge in [-0.2, -0.15) is 0 Å². The smallest absolute Gasteiger partial charge is 0.264 e. The number of fused-ring (bicyclic) bond motifs is 2. The fourth-order valence-corrected chi connectivity index (χ4v) is 6.01. The van der Waals surface area contributed by atoms with Crippen molar-refractivity contribution in [3.05, 3.63) is 95.7 Å². The predicted molar refractivity (Wildman–Crippen MR) is 130 cm³/mol. The first-order valence-electron chi connectivity index (χ1n) is 11.1. The Labute approximate surface area is 193 Å². The highest BCUT2D eigenvalue weighted by molar-refractivity contribution is 7.92. The summed E-state index contributed by atoms with van der Waals surface area (Å²) in [6.45, 7) is 0.886. The summed E-state index contributed by atoms with van der Waals surface area (Å²) in [6, 6.07) is 21.9. The Morgan fingerprint density at radius 2 is 1.82 bits per heavy atom. The standard InChI is InChI=1S/C26H25N3O3S/c30-26(27-15-14-21-18-28-24-12-3-2-11-23(21)24)20-8-5-10-22(17-20)33(31,32)29-16-6-9-19-7-1-4-13-25(19)29/h1-5,7-8,10-13,17-18,28H,6,9,14-16H2,(H,27,30). The maximum absolute atomic E-state index is 13.4. The number of carbonyl (C=O) groups is 1. The molecule has 0 atom stereocenters. The second-order valence-electron chi connectivity index (χ2n) is 8.20. The summed E-state index contributed by atoms with van der Waals surface area (Å²) in [7, 11) is -3.76. The quantitative estimate of drug-likeness (QED) is 0.451. The Balaban J connectivity index is 1.31. The van der Waals surface area contributed by atoms with Crippen LogP contribution in [-0.4, -0.2) is 32.4 Å². The molecule has 7 heteroatoms. The van der Waals surface area contributed by atoms with Crippen LogP contribution in [0.3, 0.4) is 0 Å². The van der Waals surface area contributed by atoms with Gasteiger partial charge in [-0.1, -0.05) is 42.5 Å². The van der Waals surface area contributed by atoms with Crippen LogP contribution in [0.4, 0.5) is 5.69 Å². The predicted octanol–water partition coefficient (Wildman–Crippen LogP) is 4.28. The number of anilines is 1. The molecule has 4 aromatic rings. The topological polar surface area (TPSA) is 82.3 Å². The molecule has 1 aliphatic heterocycles. The number of aromatic amines is 1. The first kappa shape index (κ1) is 21.3. The molecular formula is C26H25N3O3S. The summed E-state index contributed by atoms with van der Waals surface area (Å²) in [6.07, 6.45) is 4.27. The van der Waals surface area contributed by atoms with Crippen molar-refractivity contribution < 1.29 is 13.2 Å². The third-order valence-electron chi connectivity index (χ3n) is 6.11. The maximum atomic E-state index is 13.4. The Morgan fingerprint density at radius 1 is 1.00 bits per heavy atom. The van der Waals surface area contributed by atoms with Crippen LogP contribution in [0.25, 0.3) is 10.9 Å². The molecule has 0 unspecified atom stereocenters. The van der Waals surface area contributed by atoms with E-state index in [1.807, 2.05) is 48.7 Å². The molecule has 0 saturated heterocycles. The number of nitrogens with zero attached hydrogens (tertiary/aromatic N) is 1. The molecule has 1 amide bonds. The first-order chi connectivity index (χ1) is 16.0. The zero-order chi connectivity index (χ0) is 22.8. The Hall–Kier alpha value is -3.58. The molecule has 168 valence electrons. The van der Waals surface area contributed by atoms with E-state index in [-0.39, 0.29) is 10.8 Å². The molecule has 33 heavy (non-hydrogen) atoms. The molecule has 0 spiro atoms. The lowest BCUT2D eigenvalue weighted by Gasteiger charge is -2.30. The monoisotopic (exact) mass is 459 g/mol. The summed E-state index contributed by atoms with van der Waals surface area (Å²) in [5.74, 6) is -0.286. The van der Waals surface area contributed by atoms with Gasteiger partial charge in [-0.3, -0.25) is 9.10 Å². The Kier molecular flexibility index (Phi) is 5.64. The highest BCUT2D eigenvalue weighted by Crippen LogP contribution is 2.32. The third kappa shape index (κ3) is 4.12. The number of rotatable bonds is 6. The van der Waals surface area contributed by atoms with E-state index in [4.69, 9.17) is 0 Å². The van der Waals surface area contributed by atoms with Crippen molar-refractivity contribution in [1.29, 1.82) is 0 Å². The number of sulfonamides is 1. The molecule has 2 N–H and O–H groups in total. The first-order valence-corrected chi connectivity index (χ1v) is 12.5. The highest BCUT2D eigenvalue weighted by Gasteiger charge is 2.29. The molecule has 2 heterocycles. The molecular weight excluding hydrogens is 434 g/mol. The van der Waals surface area contributed by atoms with Crippen LogP contribution in [0.2, 0.25) is 0 Å². The molecule has 1 aromatic heterocycles. The van der Waals surface area contributed by atoms with Crippen molar-refractivity contribution >= 4 is 32.5 Å². The van der Waals surface area contributed by atoms with Gasteiger partial charge < -0.3 is 10.3 Å². The van der Waals surface area contributed by atoms with E-state index in [0.717, 1.165) is 40.6 Å². The molecule has 0 saturated carbocycles. The van der Waals surface area contributed by atoms with Crippen molar-refractivity contribution in [2.24, 2.45) is 0 Å². The minimum Gasteiger partial charge on any atom is -0.361 e. The van der Waals surface area contributed by atoms with Crippen molar-refractivity contribution in [2.75, 3.05) is 17.4 Å². The number of H-pyrrole nitrogens is 1. The minimum atomic E-state index is -3.76. The van der Waals surface area contributed by atoms with Crippen LogP contribution < -0.4 is 9.62 Å². The number of para-hydroxylation sites is 2. The summed E-state index contributed by atoms with van der Waals surface area (Å²) >= 11 is 0. The van der Waals surface area contributed by atoms with Crippen LogP contribution in [0.15, 0.2) is 83.9 Å². The van der Waals surface area contributed by atoms with Crippen molar-refractivity contribution in [3.8, 4) is 0 Å². The third-order valence-corrected chi connectivity index (χ3v) is 7.92. The zero-order valence-electron chi connectivity index (χ0n) is 18.1. The van der Waals surface area contributed by atoms with Gasteiger partial charge in [0.1, 0.15) is 0 Å². The second kappa shape index (κ2) is 8.75. The number of aryl methyl sites for hydroxylation is 1. The van der Waals surface area contributed by atoms with Gasteiger partial charge >= 0.3 is 0 Å². The van der Waals surface area contributed by atoms with Gasteiger partial charge in [0.2, 0.25) is 0 Å². The normalized spacial score (nSPS) is 13.6. The van der Waals surface area contributed by atoms with E-state index in [2.05, 4.69) is 16.4 Å². The Morgan fingerprint density at radius 3 is 2.73 bits per heavy atom. The minimum absolute atomic E-state index is 0.128. The highest BCUT2D eigenvalue weighted by atomic mass is 32.2. The number of carbonyl (C=O) groups excluding carboxylic acids is 1. The average Bonchev–Trinajstić information content (AvgIpc) is 3.27. The summed E-state index contributed by atoms with van der Waals surface area (Å²) in [5, 5.41) is 4.05. The lowest BCUT2D eigenvalue weighted by molar-refractivity contribution is 0.0954. The molecule has 3 aromatic carbocycles. The average molecular weight is 460 g/mol. The van der Waals surface area contributed by atoms with Crippen molar-refractivity contribution in [3.63, 3.8) is 0 Å². The maximum Gasteiger partial charge on any atom is 0.264 e. The van der Waals surface area contributed by atoms with Crippen molar-refractivity contribution in [2.45, 2.75) is 24.2 Å². The lowest BCUT2D eigenvalue weighted by atomic mass is 10.0. The van der Waals surface area contributed by atoms with E-state index in [1.165, 1.54) is 10.4 Å². The van der Waals surface area contributed by atoms with Gasteiger partial charge in [0.05, 0.1) is 10.6 Å². The number of benzene rings is 3. The summed E-state index contributed by atoms with van der Waals surface area (Å²) < 4.78 is 28.3. The van der Waals surface area contributed by atoms with Crippen LogP contribution in [0.5, 0.6) is 0 Å². The van der Waals surface area contributed by atoms with Gasteiger partial charge in [-0.15, -0.1) is 0 Å². The van der Waals surface area contributed by atoms with Crippen LogP contribution >= 0.6 is 0 Å². The molecule has 6 nitrogen and oxygen atoms in total. The summed E-state index contributed by atoms with van der Waals surface area (Å²) in [4.78, 5) is 16.1. The number of nitrogens with one attached hydrogen (secondary N) is 2. The van der Waals surface area contributed by atoms with Gasteiger partial charge in [-0.25, -0.2) is 8.42 Å². The lowest BCUT2D eigenvalue weighted by Crippen LogP contribution is -2.35. The van der Waals surface area contributed by atoms with Crippen LogP contribution in [0.1, 0.15) is 27.9 Å². The number of amides is 1. The van der Waals surface area contributed by atoms with E-state index >= 15 is 0 Å². The van der Waals surface area contributed by atoms with Crippen molar-refractivity contribution in [1.82, 2.24) is 10.3 Å². The molecule has 1 aliphatic rings. The summed E-state index contributed by atoms with van der Waals surface area (Å²) in [5.41, 5.74) is 4.28. The molecule has 0 bridgehead atoms. The van der Waals surface area contributed by atoms with E-state index in [9.17, 15) is 13.2 Å². The van der Waals surface area contributed by atoms with E-state index < -0.39 is 10.0 Å². The fourth-order valence-electron chi connectivity index (χ4n) is 4.43. The van der Waals surface area contributed by atoms with Gasteiger partial charge in [0.15, 0.2) is 0 Å². The SMILES string of the molecule is O=C(NCCc1c[nH]c2ccccc12)c1cccc(S(=O)(=O)N2CCCc3ccccc32)c1. The van der Waals surface area contributed by atoms with Gasteiger partial charge in [0, 0.05) is 35.8 Å².